The number of anilines is 2. The van der Waals surface area contributed by atoms with Crippen LogP contribution >= 0.6 is 0 Å². The fraction of sp³-hybridized carbons (Fsp3) is 0.667. The van der Waals surface area contributed by atoms with Gasteiger partial charge in [-0.05, 0) is 48.8 Å². The number of nitrogen functional groups attached to an aromatic ring is 1. The second-order valence-electron chi connectivity index (χ2n) is 8.17. The van der Waals surface area contributed by atoms with Gasteiger partial charge in [-0.25, -0.2) is 0 Å². The van der Waals surface area contributed by atoms with Gasteiger partial charge in [0.2, 0.25) is 5.91 Å². The summed E-state index contributed by atoms with van der Waals surface area (Å²) in [6, 6.07) is 6.31. The van der Waals surface area contributed by atoms with Crippen LogP contribution < -0.4 is 10.6 Å². The first kappa shape index (κ1) is 19.6. The summed E-state index contributed by atoms with van der Waals surface area (Å²) >= 11 is 0. The third-order valence-electron chi connectivity index (χ3n) is 4.69. The standard InChI is InChI=1S/C21H35N3O/c1-16(2)14-24(15-17(3)4)21(25)10-8-18-7-9-20(19(22)13-18)23-11-5-6-12-23/h7,9,13,16-17H,5-6,8,10-12,14-15,22H2,1-4H3. The minimum Gasteiger partial charge on any atom is -0.397 e. The Labute approximate surface area is 153 Å². The van der Waals surface area contributed by atoms with Crippen molar-refractivity contribution in [3.05, 3.63) is 23.8 Å². The Balaban J connectivity index is 1.94. The molecule has 1 fully saturated rings. The predicted molar refractivity (Wildman–Crippen MR) is 107 cm³/mol. The molecule has 1 aromatic rings. The molecule has 0 bridgehead atoms. The summed E-state index contributed by atoms with van der Waals surface area (Å²) in [5.41, 5.74) is 9.41. The molecule has 1 aliphatic rings. The van der Waals surface area contributed by atoms with Crippen molar-refractivity contribution in [2.75, 3.05) is 36.8 Å². The lowest BCUT2D eigenvalue weighted by Crippen LogP contribution is -2.37. The van der Waals surface area contributed by atoms with Crippen molar-refractivity contribution in [2.24, 2.45) is 11.8 Å². The molecule has 0 spiro atoms. The van der Waals surface area contributed by atoms with Crippen molar-refractivity contribution in [1.82, 2.24) is 4.90 Å². The van der Waals surface area contributed by atoms with Gasteiger partial charge in [-0.3, -0.25) is 4.79 Å². The maximum Gasteiger partial charge on any atom is 0.222 e. The van der Waals surface area contributed by atoms with E-state index in [-0.39, 0.29) is 5.91 Å². The number of nitrogens with zero attached hydrogens (tertiary/aromatic N) is 2. The highest BCUT2D eigenvalue weighted by Crippen LogP contribution is 2.28. The molecule has 0 radical (unpaired) electrons. The third kappa shape index (κ3) is 5.94. The monoisotopic (exact) mass is 345 g/mol. The van der Waals surface area contributed by atoms with Crippen molar-refractivity contribution < 1.29 is 4.79 Å². The smallest absolute Gasteiger partial charge is 0.222 e. The van der Waals surface area contributed by atoms with Gasteiger partial charge in [0.25, 0.3) is 0 Å². The summed E-state index contributed by atoms with van der Waals surface area (Å²) in [6.07, 6.45) is 3.81. The van der Waals surface area contributed by atoms with Crippen LogP contribution in [0.25, 0.3) is 0 Å². The van der Waals surface area contributed by atoms with Crippen molar-refractivity contribution in [1.29, 1.82) is 0 Å². The molecule has 1 saturated heterocycles. The molecule has 0 saturated carbocycles. The average Bonchev–Trinajstić information content (AvgIpc) is 3.05. The number of hydrogen-bond donors (Lipinski definition) is 1. The lowest BCUT2D eigenvalue weighted by molar-refractivity contribution is -0.132. The summed E-state index contributed by atoms with van der Waals surface area (Å²) in [5, 5.41) is 0. The van der Waals surface area contributed by atoms with E-state index in [0.29, 0.717) is 18.3 Å². The number of carbonyl (C=O) groups is 1. The molecule has 4 nitrogen and oxygen atoms in total. The first-order valence-electron chi connectivity index (χ1n) is 9.78. The zero-order valence-electron chi connectivity index (χ0n) is 16.4. The van der Waals surface area contributed by atoms with E-state index in [2.05, 4.69) is 50.8 Å². The molecule has 25 heavy (non-hydrogen) atoms. The summed E-state index contributed by atoms with van der Waals surface area (Å²) in [5.74, 6) is 1.25. The Morgan fingerprint density at radius 1 is 1.12 bits per heavy atom. The van der Waals surface area contributed by atoms with Crippen molar-refractivity contribution in [3.8, 4) is 0 Å². The van der Waals surface area contributed by atoms with Crippen LogP contribution in [-0.2, 0) is 11.2 Å². The number of carbonyl (C=O) groups excluding carboxylic acids is 1. The first-order chi connectivity index (χ1) is 11.9. The number of hydrogen-bond acceptors (Lipinski definition) is 3. The van der Waals surface area contributed by atoms with Gasteiger partial charge in [-0.1, -0.05) is 33.8 Å². The molecule has 0 aromatic heterocycles. The Bertz CT molecular complexity index is 552. The molecule has 2 N–H and O–H groups in total. The first-order valence-corrected chi connectivity index (χ1v) is 9.78. The SMILES string of the molecule is CC(C)CN(CC(C)C)C(=O)CCc1ccc(N2CCCC2)c(N)c1. The highest BCUT2D eigenvalue weighted by atomic mass is 16.2. The molecule has 1 amide bonds. The highest BCUT2D eigenvalue weighted by Gasteiger charge is 2.17. The van der Waals surface area contributed by atoms with Crippen molar-refractivity contribution in [2.45, 2.75) is 53.4 Å². The van der Waals surface area contributed by atoms with Gasteiger partial charge in [0.1, 0.15) is 0 Å². The minimum atomic E-state index is 0.254. The van der Waals surface area contributed by atoms with Gasteiger partial charge < -0.3 is 15.5 Å². The number of rotatable bonds is 8. The Hall–Kier alpha value is -1.71. The quantitative estimate of drug-likeness (QED) is 0.726. The van der Waals surface area contributed by atoms with Gasteiger partial charge in [0.05, 0.1) is 11.4 Å². The van der Waals surface area contributed by atoms with Gasteiger partial charge in [-0.2, -0.15) is 0 Å². The van der Waals surface area contributed by atoms with E-state index in [4.69, 9.17) is 5.73 Å². The zero-order valence-corrected chi connectivity index (χ0v) is 16.4. The second kappa shape index (κ2) is 9.12. The lowest BCUT2D eigenvalue weighted by Gasteiger charge is -2.26. The van der Waals surface area contributed by atoms with Crippen LogP contribution in [0.2, 0.25) is 0 Å². The molecule has 1 aliphatic heterocycles. The molecular weight excluding hydrogens is 310 g/mol. The summed E-state index contributed by atoms with van der Waals surface area (Å²) in [6.45, 7) is 12.5. The Morgan fingerprint density at radius 3 is 2.24 bits per heavy atom. The average molecular weight is 346 g/mol. The molecule has 1 aromatic carbocycles. The van der Waals surface area contributed by atoms with Crippen LogP contribution in [-0.4, -0.2) is 37.0 Å². The largest absolute Gasteiger partial charge is 0.397 e. The predicted octanol–water partition coefficient (Wildman–Crippen LogP) is 3.94. The summed E-state index contributed by atoms with van der Waals surface area (Å²) < 4.78 is 0. The van der Waals surface area contributed by atoms with Crippen LogP contribution in [0.15, 0.2) is 18.2 Å². The number of amides is 1. The van der Waals surface area contributed by atoms with Crippen LogP contribution in [0.4, 0.5) is 11.4 Å². The maximum atomic E-state index is 12.6. The van der Waals surface area contributed by atoms with Crippen LogP contribution in [0, 0.1) is 11.8 Å². The fourth-order valence-corrected chi connectivity index (χ4v) is 3.57. The van der Waals surface area contributed by atoms with E-state index in [1.54, 1.807) is 0 Å². The summed E-state index contributed by atoms with van der Waals surface area (Å²) in [7, 11) is 0. The Morgan fingerprint density at radius 2 is 1.72 bits per heavy atom. The van der Waals surface area contributed by atoms with E-state index in [1.165, 1.54) is 12.8 Å². The van der Waals surface area contributed by atoms with Crippen LogP contribution in [0.3, 0.4) is 0 Å². The molecular formula is C21H35N3O. The fourth-order valence-electron chi connectivity index (χ4n) is 3.57. The van der Waals surface area contributed by atoms with Crippen molar-refractivity contribution >= 4 is 17.3 Å². The zero-order chi connectivity index (χ0) is 18.4. The van der Waals surface area contributed by atoms with E-state index < -0.39 is 0 Å². The van der Waals surface area contributed by atoms with E-state index >= 15 is 0 Å². The Kier molecular flexibility index (Phi) is 7.15. The van der Waals surface area contributed by atoms with E-state index in [1.807, 2.05) is 4.90 Å². The van der Waals surface area contributed by atoms with E-state index in [9.17, 15) is 4.79 Å². The minimum absolute atomic E-state index is 0.254. The number of aryl methyl sites for hydroxylation is 1. The van der Waals surface area contributed by atoms with Gasteiger partial charge in [-0.15, -0.1) is 0 Å². The summed E-state index contributed by atoms with van der Waals surface area (Å²) in [4.78, 5) is 17.0. The van der Waals surface area contributed by atoms with Crippen molar-refractivity contribution in [3.63, 3.8) is 0 Å². The van der Waals surface area contributed by atoms with Crippen LogP contribution in [0.1, 0.15) is 52.5 Å². The maximum absolute atomic E-state index is 12.6. The van der Waals surface area contributed by atoms with Gasteiger partial charge in [0, 0.05) is 32.6 Å². The highest BCUT2D eigenvalue weighted by molar-refractivity contribution is 5.77. The lowest BCUT2D eigenvalue weighted by atomic mass is 10.1. The number of nitrogens with two attached hydrogens (primary N) is 1. The number of benzene rings is 1. The molecule has 2 rings (SSSR count). The molecule has 0 aliphatic carbocycles. The van der Waals surface area contributed by atoms with Crippen LogP contribution in [0.5, 0.6) is 0 Å². The second-order valence-corrected chi connectivity index (χ2v) is 8.17. The topological polar surface area (TPSA) is 49.6 Å². The van der Waals surface area contributed by atoms with Gasteiger partial charge >= 0.3 is 0 Å². The molecule has 140 valence electrons. The molecule has 0 atom stereocenters. The van der Waals surface area contributed by atoms with Gasteiger partial charge in [0.15, 0.2) is 0 Å². The van der Waals surface area contributed by atoms with E-state index in [0.717, 1.165) is 49.5 Å². The molecule has 4 heteroatoms. The normalized spacial score (nSPS) is 14.6. The third-order valence-corrected chi connectivity index (χ3v) is 4.69. The molecule has 0 unspecified atom stereocenters. The molecule has 1 heterocycles.